The van der Waals surface area contributed by atoms with Gasteiger partial charge in [-0.25, -0.2) is 9.37 Å². The third-order valence-corrected chi connectivity index (χ3v) is 3.24. The van der Waals surface area contributed by atoms with E-state index >= 15 is 0 Å². The van der Waals surface area contributed by atoms with Crippen LogP contribution < -0.4 is 0 Å². The van der Waals surface area contributed by atoms with Crippen molar-refractivity contribution in [1.29, 1.82) is 0 Å². The van der Waals surface area contributed by atoms with E-state index < -0.39 is 5.82 Å². The van der Waals surface area contributed by atoms with Gasteiger partial charge in [0.05, 0.1) is 5.02 Å². The summed E-state index contributed by atoms with van der Waals surface area (Å²) in [5.74, 6) is -0.418. The molecule has 0 aliphatic rings. The standard InChI is InChI=1S/C9H5ClFNS2/c10-6-3-5(1-2-7(6)11)9-12-8(13)4-14-9/h1-4,13H. The number of thiol groups is 1. The van der Waals surface area contributed by atoms with Crippen LogP contribution in [0.25, 0.3) is 10.6 Å². The zero-order valence-electron chi connectivity index (χ0n) is 6.87. The molecule has 5 heteroatoms. The van der Waals surface area contributed by atoms with E-state index in [4.69, 9.17) is 11.6 Å². The highest BCUT2D eigenvalue weighted by atomic mass is 35.5. The molecule has 0 fully saturated rings. The molecule has 72 valence electrons. The van der Waals surface area contributed by atoms with Gasteiger partial charge in [0.15, 0.2) is 0 Å². The van der Waals surface area contributed by atoms with Gasteiger partial charge >= 0.3 is 0 Å². The molecule has 0 unspecified atom stereocenters. The monoisotopic (exact) mass is 245 g/mol. The van der Waals surface area contributed by atoms with Crippen LogP contribution in [0.1, 0.15) is 0 Å². The number of halogens is 2. The summed E-state index contributed by atoms with van der Waals surface area (Å²) < 4.78 is 12.9. The fourth-order valence-electron chi connectivity index (χ4n) is 1.03. The predicted molar refractivity (Wildman–Crippen MR) is 59.8 cm³/mol. The lowest BCUT2D eigenvalue weighted by Crippen LogP contribution is -1.80. The molecule has 2 aromatic rings. The van der Waals surface area contributed by atoms with Crippen molar-refractivity contribution in [3.63, 3.8) is 0 Å². The zero-order chi connectivity index (χ0) is 10.1. The van der Waals surface area contributed by atoms with Crippen LogP contribution in [0.5, 0.6) is 0 Å². The summed E-state index contributed by atoms with van der Waals surface area (Å²) in [4.78, 5) is 4.15. The van der Waals surface area contributed by atoms with Crippen molar-refractivity contribution in [2.75, 3.05) is 0 Å². The van der Waals surface area contributed by atoms with Crippen LogP contribution in [0.4, 0.5) is 4.39 Å². The molecule has 0 N–H and O–H groups in total. The average molecular weight is 246 g/mol. The summed E-state index contributed by atoms with van der Waals surface area (Å²) >= 11 is 11.2. The van der Waals surface area contributed by atoms with Gasteiger partial charge in [0.25, 0.3) is 0 Å². The van der Waals surface area contributed by atoms with Crippen LogP contribution in [0, 0.1) is 5.82 Å². The SMILES string of the molecule is Fc1ccc(-c2nc(S)cs2)cc1Cl. The zero-order valence-corrected chi connectivity index (χ0v) is 9.33. The Hall–Kier alpha value is -0.580. The van der Waals surface area contributed by atoms with E-state index in [1.807, 2.05) is 5.38 Å². The third-order valence-electron chi connectivity index (χ3n) is 1.66. The number of hydrogen-bond donors (Lipinski definition) is 1. The molecule has 2 rings (SSSR count). The largest absolute Gasteiger partial charge is 0.230 e. The molecule has 0 bridgehead atoms. The molecule has 1 aromatic heterocycles. The molecule has 0 aliphatic heterocycles. The molecule has 0 spiro atoms. The molecule has 0 saturated carbocycles. The van der Waals surface area contributed by atoms with E-state index in [2.05, 4.69) is 17.6 Å². The minimum atomic E-state index is -0.418. The highest BCUT2D eigenvalue weighted by molar-refractivity contribution is 7.80. The van der Waals surface area contributed by atoms with Crippen molar-refractivity contribution in [3.8, 4) is 10.6 Å². The van der Waals surface area contributed by atoms with Gasteiger partial charge in [0.1, 0.15) is 15.9 Å². The number of rotatable bonds is 1. The Labute approximate surface area is 95.0 Å². The van der Waals surface area contributed by atoms with Crippen LogP contribution in [0.15, 0.2) is 28.6 Å². The molecule has 14 heavy (non-hydrogen) atoms. The molecule has 1 heterocycles. The number of thiazole rings is 1. The van der Waals surface area contributed by atoms with E-state index in [1.54, 1.807) is 12.1 Å². The number of hydrogen-bond acceptors (Lipinski definition) is 3. The maximum atomic E-state index is 12.9. The minimum absolute atomic E-state index is 0.110. The summed E-state index contributed by atoms with van der Waals surface area (Å²) in [7, 11) is 0. The van der Waals surface area contributed by atoms with Gasteiger partial charge in [-0.1, -0.05) is 11.6 Å². The Balaban J connectivity index is 2.47. The van der Waals surface area contributed by atoms with Crippen molar-refractivity contribution in [2.24, 2.45) is 0 Å². The Morgan fingerprint density at radius 2 is 2.21 bits per heavy atom. The Kier molecular flexibility index (Phi) is 2.76. The first-order valence-electron chi connectivity index (χ1n) is 3.77. The second kappa shape index (κ2) is 3.88. The molecule has 0 radical (unpaired) electrons. The van der Waals surface area contributed by atoms with Gasteiger partial charge in [-0.15, -0.1) is 24.0 Å². The fourth-order valence-corrected chi connectivity index (χ4v) is 2.22. The van der Waals surface area contributed by atoms with Gasteiger partial charge in [0, 0.05) is 10.9 Å². The van der Waals surface area contributed by atoms with Gasteiger partial charge in [0.2, 0.25) is 0 Å². The molecular formula is C9H5ClFNS2. The smallest absolute Gasteiger partial charge is 0.141 e. The van der Waals surface area contributed by atoms with Gasteiger partial charge < -0.3 is 0 Å². The quantitative estimate of drug-likeness (QED) is 0.752. The summed E-state index contributed by atoms with van der Waals surface area (Å²) in [5.41, 5.74) is 0.807. The topological polar surface area (TPSA) is 12.9 Å². The number of aromatic nitrogens is 1. The highest BCUT2D eigenvalue weighted by Gasteiger charge is 2.05. The maximum Gasteiger partial charge on any atom is 0.141 e. The van der Waals surface area contributed by atoms with Crippen LogP contribution in [0.2, 0.25) is 5.02 Å². The van der Waals surface area contributed by atoms with Crippen LogP contribution in [0.3, 0.4) is 0 Å². The molecule has 1 aromatic carbocycles. The van der Waals surface area contributed by atoms with Crippen molar-refractivity contribution >= 4 is 35.6 Å². The second-order valence-corrected chi connectivity index (χ2v) is 4.36. The highest BCUT2D eigenvalue weighted by Crippen LogP contribution is 2.28. The molecule has 0 atom stereocenters. The summed E-state index contributed by atoms with van der Waals surface area (Å²) in [6, 6.07) is 4.54. The van der Waals surface area contributed by atoms with E-state index in [0.717, 1.165) is 10.6 Å². The van der Waals surface area contributed by atoms with Crippen LogP contribution >= 0.6 is 35.6 Å². The molecule has 0 saturated heterocycles. The Bertz CT molecular complexity index is 470. The third kappa shape index (κ3) is 1.92. The fraction of sp³-hybridized carbons (Fsp3) is 0. The van der Waals surface area contributed by atoms with Gasteiger partial charge in [-0.3, -0.25) is 0 Å². The lowest BCUT2D eigenvalue weighted by Gasteiger charge is -1.97. The van der Waals surface area contributed by atoms with Crippen LogP contribution in [-0.2, 0) is 0 Å². The van der Waals surface area contributed by atoms with E-state index in [0.29, 0.717) is 5.03 Å². The Morgan fingerprint density at radius 3 is 2.79 bits per heavy atom. The second-order valence-electron chi connectivity index (χ2n) is 2.64. The minimum Gasteiger partial charge on any atom is -0.230 e. The van der Waals surface area contributed by atoms with Crippen molar-refractivity contribution in [3.05, 3.63) is 34.4 Å². The molecule has 1 nitrogen and oxygen atoms in total. The van der Waals surface area contributed by atoms with Gasteiger partial charge in [-0.2, -0.15) is 0 Å². The molecule has 0 amide bonds. The van der Waals surface area contributed by atoms with Crippen molar-refractivity contribution in [2.45, 2.75) is 5.03 Å². The first-order valence-corrected chi connectivity index (χ1v) is 5.47. The van der Waals surface area contributed by atoms with Crippen molar-refractivity contribution in [1.82, 2.24) is 4.98 Å². The lowest BCUT2D eigenvalue weighted by molar-refractivity contribution is 0.628. The van der Waals surface area contributed by atoms with E-state index in [-0.39, 0.29) is 5.02 Å². The normalized spacial score (nSPS) is 10.5. The maximum absolute atomic E-state index is 12.9. The van der Waals surface area contributed by atoms with Crippen LogP contribution in [-0.4, -0.2) is 4.98 Å². The number of benzene rings is 1. The summed E-state index contributed by atoms with van der Waals surface area (Å²) in [5, 5.41) is 3.37. The van der Waals surface area contributed by atoms with E-state index in [1.165, 1.54) is 17.4 Å². The summed E-state index contributed by atoms with van der Waals surface area (Å²) in [6.07, 6.45) is 0. The number of nitrogens with zero attached hydrogens (tertiary/aromatic N) is 1. The first kappa shape index (κ1) is 9.96. The predicted octanol–water partition coefficient (Wildman–Crippen LogP) is 3.89. The van der Waals surface area contributed by atoms with Crippen molar-refractivity contribution < 1.29 is 4.39 Å². The lowest BCUT2D eigenvalue weighted by atomic mass is 10.2. The average Bonchev–Trinajstić information content (AvgIpc) is 2.57. The molecular weight excluding hydrogens is 241 g/mol. The first-order chi connectivity index (χ1) is 6.66. The van der Waals surface area contributed by atoms with E-state index in [9.17, 15) is 4.39 Å². The Morgan fingerprint density at radius 1 is 1.43 bits per heavy atom. The van der Waals surface area contributed by atoms with Gasteiger partial charge in [-0.05, 0) is 18.2 Å². The molecule has 0 aliphatic carbocycles. The summed E-state index contributed by atoms with van der Waals surface area (Å²) in [6.45, 7) is 0.